The smallest absolute Gasteiger partial charge is 0.267 e. The van der Waals surface area contributed by atoms with Crippen molar-refractivity contribution in [1.82, 2.24) is 10.3 Å². The Morgan fingerprint density at radius 2 is 2.10 bits per heavy atom. The highest BCUT2D eigenvalue weighted by Gasteiger charge is 2.23. The van der Waals surface area contributed by atoms with Gasteiger partial charge in [0, 0.05) is 24.4 Å². The van der Waals surface area contributed by atoms with E-state index in [9.17, 15) is 9.59 Å². The second-order valence-corrected chi connectivity index (χ2v) is 5.54. The number of carbonyl (C=O) groups is 2. The average Bonchev–Trinajstić information content (AvgIpc) is 2.42. The molecule has 1 atom stereocenters. The highest BCUT2D eigenvalue weighted by molar-refractivity contribution is 9.10. The molecule has 6 heteroatoms. The van der Waals surface area contributed by atoms with Crippen LogP contribution in [0.15, 0.2) is 33.8 Å². The topological polar surface area (TPSA) is 61.8 Å². The van der Waals surface area contributed by atoms with E-state index in [4.69, 9.17) is 0 Å². The quantitative estimate of drug-likeness (QED) is 0.919. The molecule has 1 N–H and O–H groups in total. The first kappa shape index (κ1) is 14.7. The molecule has 2 amide bonds. The van der Waals surface area contributed by atoms with Crippen molar-refractivity contribution in [2.45, 2.75) is 25.8 Å². The Bertz CT molecular complexity index is 571. The fraction of sp³-hybridized carbons (Fsp3) is 0.357. The molecular weight excluding hydrogens is 322 g/mol. The van der Waals surface area contributed by atoms with Gasteiger partial charge in [0.25, 0.3) is 5.91 Å². The first-order chi connectivity index (χ1) is 9.49. The minimum absolute atomic E-state index is 0.0691. The van der Waals surface area contributed by atoms with Gasteiger partial charge in [-0.3, -0.25) is 9.59 Å². The third kappa shape index (κ3) is 3.25. The van der Waals surface area contributed by atoms with Crippen molar-refractivity contribution in [3.8, 4) is 0 Å². The number of benzene rings is 1. The van der Waals surface area contributed by atoms with Gasteiger partial charge in [0.1, 0.15) is 5.71 Å². The fourth-order valence-electron chi connectivity index (χ4n) is 2.02. The lowest BCUT2D eigenvalue weighted by molar-refractivity contribution is -0.130. The molecule has 20 heavy (non-hydrogen) atoms. The molecule has 0 aliphatic carbocycles. The maximum Gasteiger partial charge on any atom is 0.267 e. The molecule has 106 valence electrons. The third-order valence-corrected chi connectivity index (χ3v) is 3.91. The number of hydrazone groups is 1. The Morgan fingerprint density at radius 1 is 1.40 bits per heavy atom. The normalized spacial score (nSPS) is 16.6. The number of nitrogens with one attached hydrogen (secondary N) is 1. The summed E-state index contributed by atoms with van der Waals surface area (Å²) in [5, 5.41) is 8.14. The second-order valence-electron chi connectivity index (χ2n) is 4.68. The molecule has 0 saturated carbocycles. The molecule has 2 rings (SSSR count). The molecule has 0 fully saturated rings. The van der Waals surface area contributed by atoms with E-state index in [0.717, 1.165) is 10.0 Å². The van der Waals surface area contributed by atoms with Gasteiger partial charge in [0.2, 0.25) is 5.91 Å². The molecule has 1 aliphatic heterocycles. The lowest BCUT2D eigenvalue weighted by Crippen LogP contribution is -2.38. The van der Waals surface area contributed by atoms with Crippen molar-refractivity contribution < 1.29 is 9.59 Å². The van der Waals surface area contributed by atoms with Gasteiger partial charge in [0.05, 0.1) is 6.04 Å². The first-order valence-corrected chi connectivity index (χ1v) is 7.17. The lowest BCUT2D eigenvalue weighted by Gasteiger charge is -2.21. The maximum atomic E-state index is 12.2. The Morgan fingerprint density at radius 3 is 2.75 bits per heavy atom. The van der Waals surface area contributed by atoms with E-state index < -0.39 is 0 Å². The lowest BCUT2D eigenvalue weighted by atomic mass is 10.1. The molecule has 0 saturated heterocycles. The summed E-state index contributed by atoms with van der Waals surface area (Å²) in [7, 11) is 1.56. The monoisotopic (exact) mass is 337 g/mol. The Labute approximate surface area is 126 Å². The van der Waals surface area contributed by atoms with Crippen molar-refractivity contribution in [3.05, 3.63) is 34.3 Å². The van der Waals surface area contributed by atoms with Crippen molar-refractivity contribution in [2.75, 3.05) is 7.05 Å². The van der Waals surface area contributed by atoms with Crippen molar-refractivity contribution in [3.63, 3.8) is 0 Å². The molecule has 0 spiro atoms. The minimum Gasteiger partial charge on any atom is -0.344 e. The van der Waals surface area contributed by atoms with Crippen LogP contribution in [0.25, 0.3) is 0 Å². The van der Waals surface area contributed by atoms with Crippen molar-refractivity contribution in [2.24, 2.45) is 5.10 Å². The number of hydrogen-bond donors (Lipinski definition) is 1. The van der Waals surface area contributed by atoms with E-state index in [0.29, 0.717) is 18.6 Å². The highest BCUT2D eigenvalue weighted by atomic mass is 79.9. The maximum absolute atomic E-state index is 12.2. The summed E-state index contributed by atoms with van der Waals surface area (Å²) in [5.74, 6) is -0.298. The van der Waals surface area contributed by atoms with Gasteiger partial charge in [-0.15, -0.1) is 0 Å². The Balaban J connectivity index is 2.07. The summed E-state index contributed by atoms with van der Waals surface area (Å²) in [4.78, 5) is 23.5. The van der Waals surface area contributed by atoms with Gasteiger partial charge in [-0.1, -0.05) is 34.1 Å². The minimum atomic E-state index is -0.229. The van der Waals surface area contributed by atoms with Crippen molar-refractivity contribution >= 4 is 33.5 Å². The predicted octanol–water partition coefficient (Wildman–Crippen LogP) is 2.23. The zero-order valence-corrected chi connectivity index (χ0v) is 13.0. The van der Waals surface area contributed by atoms with Crippen LogP contribution in [0.2, 0.25) is 0 Å². The molecule has 0 aromatic heterocycles. The van der Waals surface area contributed by atoms with Crippen LogP contribution in [-0.2, 0) is 9.59 Å². The van der Waals surface area contributed by atoms with Crippen LogP contribution in [0, 0.1) is 0 Å². The zero-order chi connectivity index (χ0) is 14.7. The van der Waals surface area contributed by atoms with Crippen LogP contribution in [0.1, 0.15) is 31.4 Å². The molecule has 1 aromatic carbocycles. The van der Waals surface area contributed by atoms with Crippen LogP contribution in [-0.4, -0.2) is 29.6 Å². The SMILES string of the molecule is CC(NC(=O)C1=NN(C)C(=O)CC1)c1ccccc1Br. The molecule has 1 heterocycles. The molecule has 5 nitrogen and oxygen atoms in total. The van der Waals surface area contributed by atoms with E-state index in [1.807, 2.05) is 31.2 Å². The number of rotatable bonds is 3. The summed E-state index contributed by atoms with van der Waals surface area (Å²) in [5.41, 5.74) is 1.40. The number of hydrogen-bond acceptors (Lipinski definition) is 3. The van der Waals surface area contributed by atoms with Crippen LogP contribution >= 0.6 is 15.9 Å². The van der Waals surface area contributed by atoms with E-state index in [-0.39, 0.29) is 17.9 Å². The van der Waals surface area contributed by atoms with Gasteiger partial charge in [-0.05, 0) is 18.6 Å². The Hall–Kier alpha value is -1.69. The number of amides is 2. The molecule has 1 aromatic rings. The van der Waals surface area contributed by atoms with Crippen LogP contribution in [0.3, 0.4) is 0 Å². The van der Waals surface area contributed by atoms with Gasteiger partial charge >= 0.3 is 0 Å². The number of carbonyl (C=O) groups excluding carboxylic acids is 2. The van der Waals surface area contributed by atoms with Crippen LogP contribution in [0.4, 0.5) is 0 Å². The first-order valence-electron chi connectivity index (χ1n) is 6.38. The summed E-state index contributed by atoms with van der Waals surface area (Å²) >= 11 is 3.47. The molecule has 1 aliphatic rings. The van der Waals surface area contributed by atoms with Crippen molar-refractivity contribution in [1.29, 1.82) is 0 Å². The number of nitrogens with zero attached hydrogens (tertiary/aromatic N) is 2. The van der Waals surface area contributed by atoms with E-state index >= 15 is 0 Å². The summed E-state index contributed by atoms with van der Waals surface area (Å²) in [6, 6.07) is 7.60. The molecule has 0 bridgehead atoms. The average molecular weight is 338 g/mol. The molecule has 1 unspecified atom stereocenters. The van der Waals surface area contributed by atoms with Gasteiger partial charge in [-0.25, -0.2) is 5.01 Å². The zero-order valence-electron chi connectivity index (χ0n) is 11.4. The largest absolute Gasteiger partial charge is 0.344 e. The van der Waals surface area contributed by atoms with Crippen LogP contribution < -0.4 is 5.32 Å². The van der Waals surface area contributed by atoms with E-state index in [1.54, 1.807) is 7.05 Å². The highest BCUT2D eigenvalue weighted by Crippen LogP contribution is 2.22. The number of halogens is 1. The fourth-order valence-corrected chi connectivity index (χ4v) is 2.65. The second kappa shape index (κ2) is 6.17. The summed E-state index contributed by atoms with van der Waals surface area (Å²) in [6.07, 6.45) is 0.712. The third-order valence-electron chi connectivity index (χ3n) is 3.19. The van der Waals surface area contributed by atoms with Gasteiger partial charge in [-0.2, -0.15) is 5.10 Å². The predicted molar refractivity (Wildman–Crippen MR) is 80.1 cm³/mol. The summed E-state index contributed by atoms with van der Waals surface area (Å²) in [6.45, 7) is 1.91. The van der Waals surface area contributed by atoms with Gasteiger partial charge in [0.15, 0.2) is 0 Å². The van der Waals surface area contributed by atoms with E-state index in [2.05, 4.69) is 26.3 Å². The van der Waals surface area contributed by atoms with Crippen LogP contribution in [0.5, 0.6) is 0 Å². The Kier molecular flexibility index (Phi) is 4.54. The molecular formula is C14H16BrN3O2. The molecule has 0 radical (unpaired) electrons. The summed E-state index contributed by atoms with van der Waals surface area (Å²) < 4.78 is 0.950. The van der Waals surface area contributed by atoms with E-state index in [1.165, 1.54) is 5.01 Å². The standard InChI is InChI=1S/C14H16BrN3O2/c1-9(10-5-3-4-6-11(10)15)16-14(20)12-7-8-13(19)18(2)17-12/h3-6,9H,7-8H2,1-2H3,(H,16,20). The van der Waals surface area contributed by atoms with Gasteiger partial charge < -0.3 is 5.32 Å².